The molecule has 0 bridgehead atoms. The van der Waals surface area contributed by atoms with Crippen LogP contribution in [-0.4, -0.2) is 61.8 Å². The number of carbonyl (C=O) groups excluding carboxylic acids is 1. The first-order valence-electron chi connectivity index (χ1n) is 5.49. The van der Waals surface area contributed by atoms with Crippen molar-refractivity contribution in [3.05, 3.63) is 0 Å². The van der Waals surface area contributed by atoms with E-state index in [2.05, 4.69) is 4.74 Å². The molecule has 1 amide bonds. The van der Waals surface area contributed by atoms with E-state index in [1.807, 2.05) is 0 Å². The van der Waals surface area contributed by atoms with Crippen LogP contribution in [0.3, 0.4) is 0 Å². The molecule has 0 aromatic rings. The van der Waals surface area contributed by atoms with Crippen LogP contribution in [0.5, 0.6) is 0 Å². The molecule has 110 valence electrons. The molecular weight excluding hydrogens is 280 g/mol. The Morgan fingerprint density at radius 1 is 1.42 bits per heavy atom. The van der Waals surface area contributed by atoms with Crippen LogP contribution < -0.4 is 4.72 Å². The van der Waals surface area contributed by atoms with Gasteiger partial charge < -0.3 is 14.6 Å². The first-order valence-corrected chi connectivity index (χ1v) is 6.93. The van der Waals surface area contributed by atoms with Crippen LogP contribution in [0.2, 0.25) is 0 Å². The zero-order valence-electron chi connectivity index (χ0n) is 10.6. The molecule has 0 aromatic carbocycles. The van der Waals surface area contributed by atoms with Gasteiger partial charge in [0, 0.05) is 13.1 Å². The first-order chi connectivity index (χ1) is 8.68. The molecule has 1 fully saturated rings. The molecule has 1 rings (SSSR count). The zero-order valence-corrected chi connectivity index (χ0v) is 11.4. The third kappa shape index (κ3) is 4.33. The number of amides is 1. The fraction of sp³-hybridized carbons (Fsp3) is 0.778. The monoisotopic (exact) mass is 296 g/mol. The van der Waals surface area contributed by atoms with Crippen molar-refractivity contribution in [2.24, 2.45) is 0 Å². The van der Waals surface area contributed by atoms with Gasteiger partial charge in [0.15, 0.2) is 0 Å². The van der Waals surface area contributed by atoms with Crippen molar-refractivity contribution >= 4 is 22.3 Å². The average molecular weight is 296 g/mol. The quantitative estimate of drug-likeness (QED) is 0.654. The molecule has 1 saturated heterocycles. The van der Waals surface area contributed by atoms with E-state index in [-0.39, 0.29) is 19.7 Å². The Morgan fingerprint density at radius 3 is 2.47 bits per heavy atom. The van der Waals surface area contributed by atoms with Crippen LogP contribution in [0.4, 0.5) is 4.79 Å². The summed E-state index contributed by atoms with van der Waals surface area (Å²) in [7, 11) is -3.97. The Bertz CT molecular complexity index is 455. The third-order valence-corrected chi connectivity index (χ3v) is 3.76. The van der Waals surface area contributed by atoms with E-state index in [0.29, 0.717) is 0 Å². The second-order valence-corrected chi connectivity index (χ2v) is 5.90. The highest BCUT2D eigenvalue weighted by Gasteiger charge is 2.46. The lowest BCUT2D eigenvalue weighted by Crippen LogP contribution is -2.65. The Hall–Kier alpha value is -1.39. The van der Waals surface area contributed by atoms with Gasteiger partial charge in [-0.1, -0.05) is 0 Å². The van der Waals surface area contributed by atoms with Gasteiger partial charge in [-0.25, -0.2) is 14.3 Å². The minimum Gasteiger partial charge on any atom is -0.480 e. The molecule has 1 aliphatic heterocycles. The fourth-order valence-electron chi connectivity index (χ4n) is 1.53. The smallest absolute Gasteiger partial charge is 0.421 e. The molecular formula is C9H16N2O7S. The van der Waals surface area contributed by atoms with Crippen molar-refractivity contribution in [3.8, 4) is 0 Å². The highest BCUT2D eigenvalue weighted by atomic mass is 32.2. The van der Waals surface area contributed by atoms with E-state index in [0.717, 1.165) is 4.31 Å². The number of aliphatic carboxylic acids is 1. The van der Waals surface area contributed by atoms with Crippen LogP contribution in [0.25, 0.3) is 0 Å². The van der Waals surface area contributed by atoms with Gasteiger partial charge in [0.2, 0.25) is 0 Å². The van der Waals surface area contributed by atoms with E-state index < -0.39 is 34.5 Å². The average Bonchev–Trinajstić information content (AvgIpc) is 2.22. The molecule has 0 saturated carbocycles. The van der Waals surface area contributed by atoms with Crippen LogP contribution in [0.1, 0.15) is 13.8 Å². The van der Waals surface area contributed by atoms with Gasteiger partial charge in [-0.2, -0.15) is 12.7 Å². The number of hydrogen-bond donors (Lipinski definition) is 2. The summed E-state index contributed by atoms with van der Waals surface area (Å²) in [5, 5.41) is 8.47. The summed E-state index contributed by atoms with van der Waals surface area (Å²) in [6, 6.07) is 0. The minimum absolute atomic E-state index is 0.0327. The van der Waals surface area contributed by atoms with Crippen molar-refractivity contribution in [1.82, 2.24) is 9.03 Å². The zero-order chi connectivity index (χ0) is 14.7. The summed E-state index contributed by atoms with van der Waals surface area (Å²) < 4.78 is 35.5. The van der Waals surface area contributed by atoms with Crippen molar-refractivity contribution < 1.29 is 32.6 Å². The number of ether oxygens (including phenoxy) is 2. The SMILES string of the molecule is CCOC(=O)NS(=O)(=O)N1CC(C)(OCC(=O)O)C1. The predicted octanol–water partition coefficient (Wildman–Crippen LogP) is -0.847. The van der Waals surface area contributed by atoms with Gasteiger partial charge in [0.25, 0.3) is 0 Å². The molecule has 0 spiro atoms. The lowest BCUT2D eigenvalue weighted by atomic mass is 10.0. The number of rotatable bonds is 6. The molecule has 1 aliphatic rings. The van der Waals surface area contributed by atoms with Crippen LogP contribution in [0, 0.1) is 0 Å². The van der Waals surface area contributed by atoms with E-state index >= 15 is 0 Å². The second kappa shape index (κ2) is 5.72. The number of carboxylic acids is 1. The normalized spacial score (nSPS) is 18.4. The van der Waals surface area contributed by atoms with Crippen molar-refractivity contribution in [1.29, 1.82) is 0 Å². The lowest BCUT2D eigenvalue weighted by Gasteiger charge is -2.45. The van der Waals surface area contributed by atoms with Crippen molar-refractivity contribution in [3.63, 3.8) is 0 Å². The van der Waals surface area contributed by atoms with Crippen LogP contribution >= 0.6 is 0 Å². The molecule has 0 unspecified atom stereocenters. The number of nitrogens with one attached hydrogen (secondary N) is 1. The molecule has 0 aromatic heterocycles. The maximum Gasteiger partial charge on any atom is 0.421 e. The summed E-state index contributed by atoms with van der Waals surface area (Å²) in [6.07, 6.45) is -1.05. The third-order valence-electron chi connectivity index (χ3n) is 2.39. The second-order valence-electron chi connectivity index (χ2n) is 4.23. The van der Waals surface area contributed by atoms with Gasteiger partial charge in [0.1, 0.15) is 6.61 Å². The molecule has 0 radical (unpaired) electrons. The standard InChI is InChI=1S/C9H16N2O7S/c1-3-17-8(14)10-19(15,16)11-5-9(2,6-11)18-4-7(12)13/h3-6H2,1-2H3,(H,10,14)(H,12,13). The van der Waals surface area contributed by atoms with Crippen LogP contribution in [0.15, 0.2) is 0 Å². The summed E-state index contributed by atoms with van der Waals surface area (Å²) >= 11 is 0. The Balaban J connectivity index is 2.48. The number of carboxylic acid groups (broad SMARTS) is 1. The fourth-order valence-corrected chi connectivity index (χ4v) is 2.81. The summed E-state index contributed by atoms with van der Waals surface area (Å²) in [5.41, 5.74) is -0.859. The maximum absolute atomic E-state index is 11.7. The minimum atomic E-state index is -3.97. The molecule has 1 heterocycles. The van der Waals surface area contributed by atoms with Gasteiger partial charge in [-0.3, -0.25) is 0 Å². The lowest BCUT2D eigenvalue weighted by molar-refractivity contribution is -0.157. The van der Waals surface area contributed by atoms with E-state index in [4.69, 9.17) is 9.84 Å². The number of nitrogens with zero attached hydrogens (tertiary/aromatic N) is 1. The molecule has 9 nitrogen and oxygen atoms in total. The molecule has 0 atom stereocenters. The molecule has 19 heavy (non-hydrogen) atoms. The molecule has 10 heteroatoms. The first kappa shape index (κ1) is 15.7. The van der Waals surface area contributed by atoms with Crippen molar-refractivity contribution in [2.45, 2.75) is 19.4 Å². The number of hydrogen-bond acceptors (Lipinski definition) is 6. The Morgan fingerprint density at radius 2 is 2.00 bits per heavy atom. The largest absolute Gasteiger partial charge is 0.480 e. The van der Waals surface area contributed by atoms with Crippen LogP contribution in [-0.2, 0) is 24.5 Å². The van der Waals surface area contributed by atoms with Gasteiger partial charge in [-0.15, -0.1) is 0 Å². The van der Waals surface area contributed by atoms with Gasteiger partial charge in [0.05, 0.1) is 12.2 Å². The van der Waals surface area contributed by atoms with E-state index in [9.17, 15) is 18.0 Å². The van der Waals surface area contributed by atoms with Gasteiger partial charge >= 0.3 is 22.3 Å². The highest BCUT2D eigenvalue weighted by Crippen LogP contribution is 2.26. The molecule has 0 aliphatic carbocycles. The maximum atomic E-state index is 11.7. The summed E-state index contributed by atoms with van der Waals surface area (Å²) in [5.74, 6) is -1.13. The summed E-state index contributed by atoms with van der Waals surface area (Å²) in [4.78, 5) is 21.4. The Kier molecular flexibility index (Phi) is 4.71. The summed E-state index contributed by atoms with van der Waals surface area (Å²) in [6.45, 7) is 2.62. The topological polar surface area (TPSA) is 122 Å². The molecule has 2 N–H and O–H groups in total. The number of carbonyl (C=O) groups is 2. The van der Waals surface area contributed by atoms with Crippen molar-refractivity contribution in [2.75, 3.05) is 26.3 Å². The highest BCUT2D eigenvalue weighted by molar-refractivity contribution is 7.87. The Labute approximate surface area is 110 Å². The predicted molar refractivity (Wildman–Crippen MR) is 62.6 cm³/mol. The van der Waals surface area contributed by atoms with E-state index in [1.54, 1.807) is 18.6 Å². The van der Waals surface area contributed by atoms with E-state index in [1.165, 1.54) is 0 Å². The van der Waals surface area contributed by atoms with Gasteiger partial charge in [-0.05, 0) is 13.8 Å².